The van der Waals surface area contributed by atoms with Crippen LogP contribution in [0.2, 0.25) is 0 Å². The molecule has 0 bridgehead atoms. The third-order valence-corrected chi connectivity index (χ3v) is 8.74. The van der Waals surface area contributed by atoms with E-state index in [9.17, 15) is 4.79 Å². The first-order chi connectivity index (χ1) is 10.9. The quantitative estimate of drug-likeness (QED) is 0.506. The molecule has 1 nitrogen and oxygen atoms in total. The molecule has 3 fully saturated rings. The van der Waals surface area contributed by atoms with E-state index in [1.54, 1.807) is 0 Å². The van der Waals surface area contributed by atoms with E-state index in [0.29, 0.717) is 22.8 Å². The van der Waals surface area contributed by atoms with Crippen molar-refractivity contribution >= 4 is 29.0 Å². The van der Waals surface area contributed by atoms with Gasteiger partial charge in [0.15, 0.2) is 5.78 Å². The number of allylic oxidation sites excluding steroid dienone is 2. The van der Waals surface area contributed by atoms with E-state index >= 15 is 0 Å². The molecule has 4 aliphatic carbocycles. The Morgan fingerprint density at radius 2 is 1.74 bits per heavy atom. The molecule has 0 spiro atoms. The first-order valence-corrected chi connectivity index (χ1v) is 9.95. The summed E-state index contributed by atoms with van der Waals surface area (Å²) in [5.41, 5.74) is 5.10. The summed E-state index contributed by atoms with van der Waals surface area (Å²) >= 11 is 12.6. The molecule has 0 radical (unpaired) electrons. The average Bonchev–Trinajstić information content (AvgIpc) is 2.88. The van der Waals surface area contributed by atoms with Crippen molar-refractivity contribution in [3.05, 3.63) is 21.7 Å². The molecule has 0 saturated heterocycles. The topological polar surface area (TPSA) is 17.1 Å². The molecule has 5 atom stereocenters. The molecule has 126 valence electrons. The van der Waals surface area contributed by atoms with Crippen LogP contribution in [-0.2, 0) is 4.79 Å². The Kier molecular flexibility index (Phi) is 3.78. The average molecular weight is 353 g/mol. The number of fused-ring (bicyclic) bond motifs is 5. The van der Waals surface area contributed by atoms with Gasteiger partial charge in [-0.3, -0.25) is 4.79 Å². The van der Waals surface area contributed by atoms with Gasteiger partial charge in [0.25, 0.3) is 0 Å². The van der Waals surface area contributed by atoms with Crippen LogP contribution in [0.15, 0.2) is 21.7 Å². The van der Waals surface area contributed by atoms with Crippen LogP contribution < -0.4 is 0 Å². The van der Waals surface area contributed by atoms with E-state index < -0.39 is 0 Å². The van der Waals surface area contributed by atoms with Crippen LogP contribution in [0.4, 0.5) is 0 Å². The molecule has 3 heteroatoms. The second kappa shape index (κ2) is 5.36. The lowest BCUT2D eigenvalue weighted by Crippen LogP contribution is -2.50. The lowest BCUT2D eigenvalue weighted by molar-refractivity contribution is -0.117. The number of rotatable bonds is 0. The molecule has 3 saturated carbocycles. The predicted molar refractivity (Wildman–Crippen MR) is 95.4 cm³/mol. The maximum Gasteiger partial charge on any atom is 0.174 e. The number of carbonyl (C=O) groups excluding carboxylic acids is 1. The predicted octanol–water partition coefficient (Wildman–Crippen LogP) is 6.21. The Hall–Kier alpha value is -0.270. The monoisotopic (exact) mass is 352 g/mol. The van der Waals surface area contributed by atoms with Gasteiger partial charge in [-0.1, -0.05) is 42.6 Å². The van der Waals surface area contributed by atoms with Crippen molar-refractivity contribution in [2.75, 3.05) is 0 Å². The fourth-order valence-electron chi connectivity index (χ4n) is 6.68. The van der Waals surface area contributed by atoms with Gasteiger partial charge in [-0.2, -0.15) is 0 Å². The van der Waals surface area contributed by atoms with E-state index in [0.717, 1.165) is 24.7 Å². The molecule has 23 heavy (non-hydrogen) atoms. The Morgan fingerprint density at radius 3 is 2.48 bits per heavy atom. The third-order valence-electron chi connectivity index (χ3n) is 8.03. The zero-order chi connectivity index (χ0) is 16.4. The van der Waals surface area contributed by atoms with E-state index in [2.05, 4.69) is 13.8 Å². The van der Waals surface area contributed by atoms with Crippen molar-refractivity contribution in [3.63, 3.8) is 0 Å². The molecule has 0 N–H and O–H groups in total. The Bertz CT molecular complexity index is 619. The molecule has 0 aromatic carbocycles. The molecule has 0 aromatic rings. The molecule has 0 unspecified atom stereocenters. The molecule has 4 rings (SSSR count). The van der Waals surface area contributed by atoms with Gasteiger partial charge in [0, 0.05) is 12.0 Å². The van der Waals surface area contributed by atoms with Crippen molar-refractivity contribution < 1.29 is 4.79 Å². The summed E-state index contributed by atoms with van der Waals surface area (Å²) in [6, 6.07) is 0. The number of carbonyl (C=O) groups is 1. The van der Waals surface area contributed by atoms with E-state index in [4.69, 9.17) is 23.2 Å². The van der Waals surface area contributed by atoms with Crippen LogP contribution in [0.25, 0.3) is 0 Å². The smallest absolute Gasteiger partial charge is 0.174 e. The minimum atomic E-state index is 0.155. The highest BCUT2D eigenvalue weighted by Gasteiger charge is 2.58. The van der Waals surface area contributed by atoms with Gasteiger partial charge in [-0.25, -0.2) is 0 Å². The molecule has 4 aliphatic rings. The second-order valence-corrected chi connectivity index (χ2v) is 9.27. The molecule has 0 aromatic heterocycles. The number of hydrogen-bond acceptors (Lipinski definition) is 1. The number of Topliss-reactive ketones (excluding diaryl/α,β-unsaturated/α-hetero) is 1. The normalized spacial score (nSPS) is 48.3. The zero-order valence-electron chi connectivity index (χ0n) is 14.1. The summed E-state index contributed by atoms with van der Waals surface area (Å²) in [6.45, 7) is 4.84. The van der Waals surface area contributed by atoms with Crippen LogP contribution >= 0.6 is 23.2 Å². The fraction of sp³-hybridized carbons (Fsp3) is 0.750. The molecular formula is C20H26Cl2O. The van der Waals surface area contributed by atoms with Crippen molar-refractivity contribution in [1.82, 2.24) is 0 Å². The van der Waals surface area contributed by atoms with Crippen molar-refractivity contribution in [3.8, 4) is 0 Å². The first kappa shape index (κ1) is 16.2. The third kappa shape index (κ3) is 2.08. The summed E-state index contributed by atoms with van der Waals surface area (Å²) in [4.78, 5) is 12.1. The summed E-state index contributed by atoms with van der Waals surface area (Å²) < 4.78 is 0. The highest BCUT2D eigenvalue weighted by Crippen LogP contribution is 2.67. The minimum Gasteiger partial charge on any atom is -0.293 e. The van der Waals surface area contributed by atoms with Gasteiger partial charge in [0.05, 0.1) is 5.03 Å². The van der Waals surface area contributed by atoms with Crippen molar-refractivity contribution in [2.24, 2.45) is 28.6 Å². The van der Waals surface area contributed by atoms with Crippen LogP contribution in [0.3, 0.4) is 0 Å². The first-order valence-electron chi connectivity index (χ1n) is 9.14. The molecular weight excluding hydrogens is 327 g/mol. The summed E-state index contributed by atoms with van der Waals surface area (Å²) in [7, 11) is 0. The Morgan fingerprint density at radius 1 is 1.00 bits per heavy atom. The van der Waals surface area contributed by atoms with Crippen molar-refractivity contribution in [1.29, 1.82) is 0 Å². The summed E-state index contributed by atoms with van der Waals surface area (Å²) in [5, 5.41) is 0.582. The lowest BCUT2D eigenvalue weighted by atomic mass is 9.47. The van der Waals surface area contributed by atoms with Gasteiger partial charge in [-0.05, 0) is 79.1 Å². The Balaban J connectivity index is 1.72. The number of hydrogen-bond donors (Lipinski definition) is 0. The number of ketones is 1. The largest absolute Gasteiger partial charge is 0.293 e. The van der Waals surface area contributed by atoms with Crippen molar-refractivity contribution in [2.45, 2.75) is 65.2 Å². The highest BCUT2D eigenvalue weighted by molar-refractivity contribution is 6.43. The standard InChI is InChI=1S/C20H26Cl2O/c1-19-9-7-15-13(14(19)5-3-12(19)11-21)4-6-16-18(22)17(23)8-10-20(15,16)2/h11,13-15H,3-10H2,1-2H3/b12-11+/t13-,14-,15-,19+,20+/m0/s1. The summed E-state index contributed by atoms with van der Waals surface area (Å²) in [6.07, 6.45) is 8.82. The Labute approximate surface area is 149 Å². The van der Waals surface area contributed by atoms with Crippen LogP contribution in [0, 0.1) is 28.6 Å². The minimum absolute atomic E-state index is 0.155. The highest BCUT2D eigenvalue weighted by atomic mass is 35.5. The van der Waals surface area contributed by atoms with Gasteiger partial charge < -0.3 is 0 Å². The fourth-order valence-corrected chi connectivity index (χ4v) is 7.44. The van der Waals surface area contributed by atoms with Gasteiger partial charge in [0.1, 0.15) is 0 Å². The second-order valence-electron chi connectivity index (χ2n) is 8.68. The van der Waals surface area contributed by atoms with Gasteiger partial charge in [-0.15, -0.1) is 0 Å². The lowest BCUT2D eigenvalue weighted by Gasteiger charge is -2.57. The van der Waals surface area contributed by atoms with E-state index in [1.807, 2.05) is 5.54 Å². The van der Waals surface area contributed by atoms with Gasteiger partial charge >= 0.3 is 0 Å². The maximum atomic E-state index is 12.1. The van der Waals surface area contributed by atoms with Crippen LogP contribution in [-0.4, -0.2) is 5.78 Å². The molecule has 0 aliphatic heterocycles. The van der Waals surface area contributed by atoms with Gasteiger partial charge in [0.2, 0.25) is 0 Å². The molecule has 0 amide bonds. The maximum absolute atomic E-state index is 12.1. The SMILES string of the molecule is C[C@]12CCC(=O)C(Cl)=C1CC[C@@H]1[C@@H]2CC[C@]2(C)/C(=C/Cl)CC[C@@H]12. The van der Waals surface area contributed by atoms with Crippen LogP contribution in [0.5, 0.6) is 0 Å². The van der Waals surface area contributed by atoms with E-state index in [1.165, 1.54) is 43.3 Å². The van der Waals surface area contributed by atoms with Crippen LogP contribution in [0.1, 0.15) is 65.2 Å². The summed E-state index contributed by atoms with van der Waals surface area (Å²) in [5.74, 6) is 2.41. The molecule has 0 heterocycles. The zero-order valence-corrected chi connectivity index (χ0v) is 15.6. The van der Waals surface area contributed by atoms with E-state index in [-0.39, 0.29) is 11.2 Å². The number of halogens is 2.